The van der Waals surface area contributed by atoms with Crippen LogP contribution in [0.25, 0.3) is 0 Å². The van der Waals surface area contributed by atoms with Crippen molar-refractivity contribution in [3.8, 4) is 0 Å². The van der Waals surface area contributed by atoms with Crippen molar-refractivity contribution < 1.29 is 27.1 Å². The van der Waals surface area contributed by atoms with Gasteiger partial charge in [-0.1, -0.05) is 12.1 Å². The lowest BCUT2D eigenvalue weighted by Crippen LogP contribution is -2.42. The average molecular weight is 412 g/mol. The number of carbonyl (C=O) groups is 2. The number of ether oxygens (including phenoxy) is 1. The van der Waals surface area contributed by atoms with Crippen molar-refractivity contribution in [1.82, 2.24) is 9.62 Å². The van der Waals surface area contributed by atoms with Gasteiger partial charge in [-0.05, 0) is 50.7 Å². The Morgan fingerprint density at radius 2 is 1.86 bits per heavy atom. The van der Waals surface area contributed by atoms with Crippen LogP contribution in [-0.2, 0) is 24.3 Å². The highest BCUT2D eigenvalue weighted by atomic mass is 32.2. The molecule has 1 saturated carbocycles. The smallest absolute Gasteiger partial charge is 0.309 e. The van der Waals surface area contributed by atoms with Crippen molar-refractivity contribution in [2.24, 2.45) is 11.8 Å². The Kier molecular flexibility index (Phi) is 6.34. The van der Waals surface area contributed by atoms with Gasteiger partial charge in [-0.3, -0.25) is 9.59 Å². The van der Waals surface area contributed by atoms with E-state index in [1.165, 1.54) is 22.5 Å². The van der Waals surface area contributed by atoms with Crippen molar-refractivity contribution in [1.29, 1.82) is 0 Å². The van der Waals surface area contributed by atoms with E-state index in [4.69, 9.17) is 4.74 Å². The molecule has 1 aromatic rings. The molecule has 7 nitrogen and oxygen atoms in total. The van der Waals surface area contributed by atoms with E-state index < -0.39 is 27.7 Å². The fraction of sp³-hybridized carbons (Fsp3) is 0.579. The second-order valence-corrected chi connectivity index (χ2v) is 9.32. The molecule has 1 N–H and O–H groups in total. The van der Waals surface area contributed by atoms with Gasteiger partial charge in [-0.2, -0.15) is 4.31 Å². The summed E-state index contributed by atoms with van der Waals surface area (Å²) in [4.78, 5) is 23.7. The van der Waals surface area contributed by atoms with E-state index in [-0.39, 0.29) is 49.4 Å². The summed E-state index contributed by atoms with van der Waals surface area (Å²) in [6, 6.07) is 5.31. The van der Waals surface area contributed by atoms with E-state index in [9.17, 15) is 22.4 Å². The first-order chi connectivity index (χ1) is 13.3. The second kappa shape index (κ2) is 8.57. The molecule has 9 heteroatoms. The van der Waals surface area contributed by atoms with Gasteiger partial charge >= 0.3 is 5.97 Å². The lowest BCUT2D eigenvalue weighted by atomic mass is 9.98. The zero-order chi connectivity index (χ0) is 20.3. The number of carbonyl (C=O) groups excluding carboxylic acids is 2. The van der Waals surface area contributed by atoms with Crippen molar-refractivity contribution in [3.05, 3.63) is 30.1 Å². The van der Waals surface area contributed by atoms with E-state index in [1.54, 1.807) is 0 Å². The molecule has 1 saturated heterocycles. The van der Waals surface area contributed by atoms with Crippen LogP contribution in [0.1, 0.15) is 32.6 Å². The van der Waals surface area contributed by atoms with Gasteiger partial charge in [0.2, 0.25) is 10.0 Å². The first kappa shape index (κ1) is 20.7. The van der Waals surface area contributed by atoms with Crippen molar-refractivity contribution in [2.45, 2.75) is 43.5 Å². The number of nitrogens with one attached hydrogen (secondary N) is 1. The zero-order valence-corrected chi connectivity index (χ0v) is 16.6. The van der Waals surface area contributed by atoms with Crippen LogP contribution in [0.2, 0.25) is 0 Å². The van der Waals surface area contributed by atoms with Crippen LogP contribution in [0.3, 0.4) is 0 Å². The molecule has 1 unspecified atom stereocenters. The summed E-state index contributed by atoms with van der Waals surface area (Å²) in [6.45, 7) is 1.80. The van der Waals surface area contributed by atoms with Gasteiger partial charge in [-0.15, -0.1) is 0 Å². The zero-order valence-electron chi connectivity index (χ0n) is 15.8. The molecule has 28 heavy (non-hydrogen) atoms. The van der Waals surface area contributed by atoms with E-state index >= 15 is 0 Å². The number of benzene rings is 1. The van der Waals surface area contributed by atoms with Gasteiger partial charge in [0.1, 0.15) is 10.7 Å². The summed E-state index contributed by atoms with van der Waals surface area (Å²) in [5.41, 5.74) is 0. The Hall–Kier alpha value is -2.00. The summed E-state index contributed by atoms with van der Waals surface area (Å²) >= 11 is 0. The monoisotopic (exact) mass is 412 g/mol. The van der Waals surface area contributed by atoms with Crippen LogP contribution in [-0.4, -0.2) is 50.3 Å². The second-order valence-electron chi connectivity index (χ2n) is 7.41. The number of hydrogen-bond donors (Lipinski definition) is 1. The van der Waals surface area contributed by atoms with Gasteiger partial charge in [0.05, 0.1) is 5.92 Å². The number of amides is 1. The van der Waals surface area contributed by atoms with E-state index in [2.05, 4.69) is 5.32 Å². The van der Waals surface area contributed by atoms with E-state index in [0.717, 1.165) is 18.9 Å². The molecule has 1 aromatic carbocycles. The normalized spacial score (nSPS) is 19.8. The lowest BCUT2D eigenvalue weighted by molar-refractivity contribution is -0.153. The Bertz CT molecular complexity index is 832. The third-order valence-corrected chi connectivity index (χ3v) is 7.24. The van der Waals surface area contributed by atoms with Gasteiger partial charge in [0, 0.05) is 19.1 Å². The highest BCUT2D eigenvalue weighted by Gasteiger charge is 2.34. The topological polar surface area (TPSA) is 92.8 Å². The molecule has 1 heterocycles. The number of hydrogen-bond acceptors (Lipinski definition) is 5. The first-order valence-corrected chi connectivity index (χ1v) is 10.9. The summed E-state index contributed by atoms with van der Waals surface area (Å²) < 4.78 is 45.3. The molecular weight excluding hydrogens is 387 g/mol. The van der Waals surface area contributed by atoms with Gasteiger partial charge in [0.15, 0.2) is 6.61 Å². The highest BCUT2D eigenvalue weighted by Crippen LogP contribution is 2.32. The standard InChI is InChI=1S/C19H25FN2O5S/c1-13(14-6-7-14)21-18(23)12-27-19(24)15-8-10-22(11-9-15)28(25,26)17-5-3-2-4-16(17)20/h2-5,13-15H,6-12H2,1H3,(H,21,23). The molecule has 154 valence electrons. The average Bonchev–Trinajstić information content (AvgIpc) is 3.52. The third-order valence-electron chi connectivity index (χ3n) is 5.31. The Morgan fingerprint density at radius 1 is 1.21 bits per heavy atom. The predicted molar refractivity (Wildman–Crippen MR) is 99.2 cm³/mol. The number of piperidine rings is 1. The van der Waals surface area contributed by atoms with E-state index in [1.807, 2.05) is 6.92 Å². The van der Waals surface area contributed by atoms with Crippen LogP contribution >= 0.6 is 0 Å². The predicted octanol–water partition coefficient (Wildman–Crippen LogP) is 1.68. The molecule has 0 radical (unpaired) electrons. The SMILES string of the molecule is CC(NC(=O)COC(=O)C1CCN(S(=O)(=O)c2ccccc2F)CC1)C1CC1. The molecule has 1 amide bonds. The third kappa shape index (κ3) is 4.88. The summed E-state index contributed by atoms with van der Waals surface area (Å²) in [7, 11) is -3.94. The molecule has 2 fully saturated rings. The number of nitrogens with zero attached hydrogens (tertiary/aromatic N) is 1. The van der Waals surface area contributed by atoms with Crippen LogP contribution in [0.4, 0.5) is 4.39 Å². The fourth-order valence-corrected chi connectivity index (χ4v) is 4.92. The molecule has 1 aliphatic carbocycles. The Morgan fingerprint density at radius 3 is 2.46 bits per heavy atom. The molecule has 0 spiro atoms. The molecule has 1 aliphatic heterocycles. The van der Waals surface area contributed by atoms with Crippen LogP contribution < -0.4 is 5.32 Å². The summed E-state index contributed by atoms with van der Waals surface area (Å²) in [5.74, 6) is -1.58. The number of rotatable bonds is 7. The summed E-state index contributed by atoms with van der Waals surface area (Å²) in [6.07, 6.45) is 2.75. The minimum Gasteiger partial charge on any atom is -0.455 e. The van der Waals surface area contributed by atoms with Crippen molar-refractivity contribution >= 4 is 21.9 Å². The lowest BCUT2D eigenvalue weighted by Gasteiger charge is -2.30. The number of halogens is 1. The molecule has 1 atom stereocenters. The maximum Gasteiger partial charge on any atom is 0.309 e. The first-order valence-electron chi connectivity index (χ1n) is 9.49. The minimum absolute atomic E-state index is 0.0815. The molecule has 2 aliphatic rings. The van der Waals surface area contributed by atoms with E-state index in [0.29, 0.717) is 5.92 Å². The minimum atomic E-state index is -3.94. The fourth-order valence-electron chi connectivity index (χ4n) is 3.39. The maximum atomic E-state index is 13.8. The number of sulfonamides is 1. The maximum absolute atomic E-state index is 13.8. The van der Waals surface area contributed by atoms with Crippen LogP contribution in [0, 0.1) is 17.7 Å². The largest absolute Gasteiger partial charge is 0.455 e. The van der Waals surface area contributed by atoms with Crippen molar-refractivity contribution in [2.75, 3.05) is 19.7 Å². The molecule has 0 aromatic heterocycles. The van der Waals surface area contributed by atoms with Crippen LogP contribution in [0.15, 0.2) is 29.2 Å². The molecular formula is C19H25FN2O5S. The van der Waals surface area contributed by atoms with Crippen molar-refractivity contribution in [3.63, 3.8) is 0 Å². The quantitative estimate of drug-likeness (QED) is 0.688. The molecule has 0 bridgehead atoms. The summed E-state index contributed by atoms with van der Waals surface area (Å²) in [5, 5.41) is 2.81. The Balaban J connectivity index is 1.47. The van der Waals surface area contributed by atoms with Gasteiger partial charge < -0.3 is 10.1 Å². The Labute approximate surface area is 164 Å². The van der Waals surface area contributed by atoms with Crippen LogP contribution in [0.5, 0.6) is 0 Å². The van der Waals surface area contributed by atoms with Gasteiger partial charge in [0.25, 0.3) is 5.91 Å². The molecule has 3 rings (SSSR count). The highest BCUT2D eigenvalue weighted by molar-refractivity contribution is 7.89. The van der Waals surface area contributed by atoms with Gasteiger partial charge in [-0.25, -0.2) is 12.8 Å². The number of esters is 1.